The van der Waals surface area contributed by atoms with Gasteiger partial charge in [-0.2, -0.15) is 13.2 Å². The van der Waals surface area contributed by atoms with Crippen LogP contribution in [0.2, 0.25) is 0 Å². The fourth-order valence-corrected chi connectivity index (χ4v) is 3.34. The van der Waals surface area contributed by atoms with Gasteiger partial charge in [0.25, 0.3) is 0 Å². The highest BCUT2D eigenvalue weighted by molar-refractivity contribution is 5.45. The van der Waals surface area contributed by atoms with E-state index in [1.807, 2.05) is 0 Å². The second kappa shape index (κ2) is 5.83. The van der Waals surface area contributed by atoms with Gasteiger partial charge in [-0.15, -0.1) is 0 Å². The molecule has 0 radical (unpaired) electrons. The van der Waals surface area contributed by atoms with Gasteiger partial charge in [-0.05, 0) is 50.9 Å². The van der Waals surface area contributed by atoms with Crippen molar-refractivity contribution in [2.45, 2.75) is 37.9 Å². The summed E-state index contributed by atoms with van der Waals surface area (Å²) in [5.74, 6) is 0. The molecule has 0 N–H and O–H groups in total. The van der Waals surface area contributed by atoms with Crippen LogP contribution in [0.5, 0.6) is 0 Å². The van der Waals surface area contributed by atoms with Gasteiger partial charge in [-0.25, -0.2) is 4.98 Å². The summed E-state index contributed by atoms with van der Waals surface area (Å²) < 4.78 is 37.5. The Bertz CT molecular complexity index is 458. The number of likely N-dealkylation sites (tertiary alicyclic amines) is 1. The molecule has 1 aromatic heterocycles. The smallest absolute Gasteiger partial charge is 0.370 e. The van der Waals surface area contributed by atoms with Crippen molar-refractivity contribution in [3.05, 3.63) is 24.0 Å². The van der Waals surface area contributed by atoms with Crippen molar-refractivity contribution in [3.63, 3.8) is 0 Å². The lowest BCUT2D eigenvalue weighted by Gasteiger charge is -2.37. The third-order valence-electron chi connectivity index (χ3n) is 4.52. The molecule has 2 aliphatic rings. The molecule has 2 saturated heterocycles. The third kappa shape index (κ3) is 3.31. The molecular weight excluding hydrogens is 279 g/mol. The number of rotatable bonds is 2. The highest BCUT2D eigenvalue weighted by atomic mass is 19.4. The number of aromatic nitrogens is 1. The number of pyridine rings is 1. The first-order valence-corrected chi connectivity index (χ1v) is 7.56. The normalized spacial score (nSPS) is 22.0. The van der Waals surface area contributed by atoms with Crippen molar-refractivity contribution in [1.82, 2.24) is 9.88 Å². The van der Waals surface area contributed by atoms with Crippen molar-refractivity contribution < 1.29 is 13.2 Å². The Balaban J connectivity index is 1.59. The molecular formula is C15H20F3N3. The van der Waals surface area contributed by atoms with Crippen LogP contribution in [0, 0.1) is 0 Å². The van der Waals surface area contributed by atoms with Gasteiger partial charge in [0.2, 0.25) is 0 Å². The Kier molecular flexibility index (Phi) is 4.06. The minimum Gasteiger partial charge on any atom is -0.370 e. The van der Waals surface area contributed by atoms with Crippen LogP contribution in [-0.2, 0) is 6.18 Å². The third-order valence-corrected chi connectivity index (χ3v) is 4.52. The number of anilines is 1. The van der Waals surface area contributed by atoms with E-state index in [0.717, 1.165) is 37.7 Å². The van der Waals surface area contributed by atoms with Crippen LogP contribution in [0.3, 0.4) is 0 Å². The molecule has 3 rings (SSSR count). The molecule has 0 unspecified atom stereocenters. The zero-order valence-corrected chi connectivity index (χ0v) is 11.9. The maximum atomic E-state index is 12.5. The van der Waals surface area contributed by atoms with Crippen molar-refractivity contribution in [3.8, 4) is 0 Å². The summed E-state index contributed by atoms with van der Waals surface area (Å²) in [6.07, 6.45) is 1.74. The molecule has 0 saturated carbocycles. The molecule has 0 spiro atoms. The lowest BCUT2D eigenvalue weighted by molar-refractivity contribution is -0.141. The number of alkyl halides is 3. The molecule has 3 nitrogen and oxygen atoms in total. The van der Waals surface area contributed by atoms with Crippen molar-refractivity contribution >= 4 is 5.69 Å². The van der Waals surface area contributed by atoms with E-state index in [4.69, 9.17) is 0 Å². The van der Waals surface area contributed by atoms with E-state index in [1.54, 1.807) is 0 Å². The first-order valence-electron chi connectivity index (χ1n) is 7.56. The molecule has 0 aromatic carbocycles. The maximum Gasteiger partial charge on any atom is 0.433 e. The summed E-state index contributed by atoms with van der Waals surface area (Å²) in [5, 5.41) is 0. The highest BCUT2D eigenvalue weighted by Crippen LogP contribution is 2.29. The minimum absolute atomic E-state index is 0.645. The van der Waals surface area contributed by atoms with Crippen molar-refractivity contribution in [2.75, 3.05) is 31.1 Å². The molecule has 116 valence electrons. The molecule has 3 heterocycles. The minimum atomic E-state index is -4.36. The summed E-state index contributed by atoms with van der Waals surface area (Å²) in [5.41, 5.74) is -0.0268. The number of halogens is 3. The lowest BCUT2D eigenvalue weighted by Crippen LogP contribution is -2.43. The Morgan fingerprint density at radius 2 is 1.67 bits per heavy atom. The van der Waals surface area contributed by atoms with Crippen LogP contribution in [0.4, 0.5) is 18.9 Å². The van der Waals surface area contributed by atoms with Crippen LogP contribution < -0.4 is 4.90 Å². The summed E-state index contributed by atoms with van der Waals surface area (Å²) in [4.78, 5) is 8.24. The summed E-state index contributed by atoms with van der Waals surface area (Å²) in [7, 11) is 0. The van der Waals surface area contributed by atoms with Crippen LogP contribution in [0.1, 0.15) is 31.4 Å². The van der Waals surface area contributed by atoms with E-state index in [9.17, 15) is 13.2 Å². The quantitative estimate of drug-likeness (QED) is 0.836. The van der Waals surface area contributed by atoms with Gasteiger partial charge in [0, 0.05) is 19.1 Å². The summed E-state index contributed by atoms with van der Waals surface area (Å²) in [6.45, 7) is 4.20. The monoisotopic (exact) mass is 299 g/mol. The molecule has 0 bridgehead atoms. The van der Waals surface area contributed by atoms with Gasteiger partial charge in [-0.3, -0.25) is 0 Å². The second-order valence-electron chi connectivity index (χ2n) is 5.86. The fraction of sp³-hybridized carbons (Fsp3) is 0.667. The number of hydrogen-bond donors (Lipinski definition) is 0. The average Bonchev–Trinajstić information content (AvgIpc) is 3.01. The van der Waals surface area contributed by atoms with E-state index >= 15 is 0 Å². The number of piperidine rings is 1. The van der Waals surface area contributed by atoms with E-state index in [1.165, 1.54) is 38.2 Å². The molecule has 2 fully saturated rings. The van der Waals surface area contributed by atoms with E-state index < -0.39 is 11.9 Å². The second-order valence-corrected chi connectivity index (χ2v) is 5.86. The predicted molar refractivity (Wildman–Crippen MR) is 75.3 cm³/mol. The Labute approximate surface area is 122 Å². The zero-order chi connectivity index (χ0) is 14.9. The van der Waals surface area contributed by atoms with Gasteiger partial charge >= 0.3 is 6.18 Å². The van der Waals surface area contributed by atoms with Gasteiger partial charge < -0.3 is 9.80 Å². The lowest BCUT2D eigenvalue weighted by atomic mass is 10.0. The summed E-state index contributed by atoms with van der Waals surface area (Å²) in [6, 6.07) is 3.25. The maximum absolute atomic E-state index is 12.5. The van der Waals surface area contributed by atoms with Gasteiger partial charge in [0.1, 0.15) is 5.69 Å². The topological polar surface area (TPSA) is 19.4 Å². The van der Waals surface area contributed by atoms with Crippen molar-refractivity contribution in [1.29, 1.82) is 0 Å². The van der Waals surface area contributed by atoms with E-state index in [-0.39, 0.29) is 0 Å². The Morgan fingerprint density at radius 3 is 2.19 bits per heavy atom. The highest BCUT2D eigenvalue weighted by Gasteiger charge is 2.32. The molecule has 0 atom stereocenters. The zero-order valence-electron chi connectivity index (χ0n) is 11.9. The van der Waals surface area contributed by atoms with Gasteiger partial charge in [0.05, 0.1) is 11.9 Å². The molecule has 21 heavy (non-hydrogen) atoms. The fourth-order valence-electron chi connectivity index (χ4n) is 3.34. The molecule has 1 aromatic rings. The van der Waals surface area contributed by atoms with E-state index in [2.05, 4.69) is 14.8 Å². The molecule has 2 aliphatic heterocycles. The van der Waals surface area contributed by atoms with Crippen LogP contribution in [-0.4, -0.2) is 42.1 Å². The molecule has 0 aliphatic carbocycles. The van der Waals surface area contributed by atoms with Crippen molar-refractivity contribution in [2.24, 2.45) is 0 Å². The SMILES string of the molecule is FC(F)(F)c1ccc(N2CCC(N3CCCC3)CC2)cn1. The molecule has 0 amide bonds. The molecule has 6 heteroatoms. The van der Waals surface area contributed by atoms with Crippen LogP contribution in [0.25, 0.3) is 0 Å². The van der Waals surface area contributed by atoms with Gasteiger partial charge in [-0.1, -0.05) is 0 Å². The first-order chi connectivity index (χ1) is 10.0. The Morgan fingerprint density at radius 1 is 1.00 bits per heavy atom. The van der Waals surface area contributed by atoms with Gasteiger partial charge in [0.15, 0.2) is 0 Å². The number of nitrogens with zero attached hydrogens (tertiary/aromatic N) is 3. The van der Waals surface area contributed by atoms with Crippen LogP contribution >= 0.6 is 0 Å². The number of hydrogen-bond acceptors (Lipinski definition) is 3. The largest absolute Gasteiger partial charge is 0.433 e. The Hall–Kier alpha value is -1.30. The first kappa shape index (κ1) is 14.6. The van der Waals surface area contributed by atoms with Crippen LogP contribution in [0.15, 0.2) is 18.3 Å². The predicted octanol–water partition coefficient (Wildman–Crippen LogP) is 3.17. The summed E-state index contributed by atoms with van der Waals surface area (Å²) >= 11 is 0. The van der Waals surface area contributed by atoms with E-state index in [0.29, 0.717) is 6.04 Å². The average molecular weight is 299 g/mol. The standard InChI is InChI=1S/C15H20F3N3/c16-15(17,18)14-4-3-13(11-19-14)21-9-5-12(6-10-21)20-7-1-2-8-20/h3-4,11-12H,1-2,5-10H2.